The van der Waals surface area contributed by atoms with E-state index in [4.69, 9.17) is 4.74 Å². The van der Waals surface area contributed by atoms with Crippen LogP contribution in [0, 0.1) is 15.5 Å². The quantitative estimate of drug-likeness (QED) is 0.646. The number of nitro groups is 1. The van der Waals surface area contributed by atoms with E-state index in [0.29, 0.717) is 18.0 Å². The molecule has 0 radical (unpaired) electrons. The van der Waals surface area contributed by atoms with Crippen molar-refractivity contribution >= 4 is 11.4 Å². The number of nitrogens with one attached hydrogen (secondary N) is 1. The average Bonchev–Trinajstić information content (AvgIpc) is 2.24. The molecule has 0 saturated heterocycles. The van der Waals surface area contributed by atoms with Gasteiger partial charge in [0.05, 0.1) is 17.7 Å². The molecule has 94 valence electrons. The highest BCUT2D eigenvalue weighted by Gasteiger charge is 2.14. The smallest absolute Gasteiger partial charge is 0.271 e. The Labute approximate surface area is 101 Å². The van der Waals surface area contributed by atoms with Crippen molar-refractivity contribution in [1.29, 1.82) is 0 Å². The molecule has 0 unspecified atom stereocenters. The van der Waals surface area contributed by atoms with E-state index in [-0.39, 0.29) is 11.1 Å². The van der Waals surface area contributed by atoms with Crippen LogP contribution in [0.5, 0.6) is 5.75 Å². The van der Waals surface area contributed by atoms with Gasteiger partial charge in [-0.1, -0.05) is 20.8 Å². The first-order chi connectivity index (χ1) is 7.83. The number of anilines is 1. The number of nitrogens with zero attached hydrogens (tertiary/aromatic N) is 1. The molecule has 0 aliphatic rings. The first-order valence-corrected chi connectivity index (χ1v) is 5.40. The Morgan fingerprint density at radius 2 is 2.06 bits per heavy atom. The van der Waals surface area contributed by atoms with Gasteiger partial charge in [0.1, 0.15) is 5.75 Å². The van der Waals surface area contributed by atoms with Crippen molar-refractivity contribution in [3.05, 3.63) is 28.3 Å². The van der Waals surface area contributed by atoms with E-state index >= 15 is 0 Å². The number of hydrogen-bond acceptors (Lipinski definition) is 4. The minimum absolute atomic E-state index is 0.0576. The van der Waals surface area contributed by atoms with E-state index in [1.54, 1.807) is 13.2 Å². The normalized spacial score (nSPS) is 11.1. The van der Waals surface area contributed by atoms with Crippen molar-refractivity contribution in [2.75, 3.05) is 19.0 Å². The number of rotatable bonds is 4. The highest BCUT2D eigenvalue weighted by molar-refractivity contribution is 5.61. The average molecular weight is 238 g/mol. The molecule has 0 bridgehead atoms. The predicted molar refractivity (Wildman–Crippen MR) is 67.6 cm³/mol. The third kappa shape index (κ3) is 3.94. The molecular weight excluding hydrogens is 220 g/mol. The lowest BCUT2D eigenvalue weighted by atomic mass is 9.97. The van der Waals surface area contributed by atoms with Crippen molar-refractivity contribution in [1.82, 2.24) is 0 Å². The minimum Gasteiger partial charge on any atom is -0.495 e. The van der Waals surface area contributed by atoms with Crippen LogP contribution in [-0.2, 0) is 0 Å². The van der Waals surface area contributed by atoms with E-state index in [2.05, 4.69) is 26.1 Å². The van der Waals surface area contributed by atoms with Crippen LogP contribution in [0.15, 0.2) is 18.2 Å². The van der Waals surface area contributed by atoms with Crippen LogP contribution in [0.1, 0.15) is 20.8 Å². The maximum absolute atomic E-state index is 10.7. The number of methoxy groups -OCH3 is 1. The monoisotopic (exact) mass is 238 g/mol. The lowest BCUT2D eigenvalue weighted by Gasteiger charge is -2.20. The van der Waals surface area contributed by atoms with Crippen LogP contribution in [0.2, 0.25) is 0 Å². The second kappa shape index (κ2) is 5.03. The zero-order chi connectivity index (χ0) is 13.1. The summed E-state index contributed by atoms with van der Waals surface area (Å²) < 4.78 is 5.16. The lowest BCUT2D eigenvalue weighted by Crippen LogP contribution is -2.19. The zero-order valence-corrected chi connectivity index (χ0v) is 10.6. The Hall–Kier alpha value is -1.78. The zero-order valence-electron chi connectivity index (χ0n) is 10.6. The minimum atomic E-state index is -0.415. The lowest BCUT2D eigenvalue weighted by molar-refractivity contribution is -0.384. The third-order valence-corrected chi connectivity index (χ3v) is 2.20. The molecule has 0 aliphatic heterocycles. The topological polar surface area (TPSA) is 64.4 Å². The van der Waals surface area contributed by atoms with Gasteiger partial charge in [0, 0.05) is 18.7 Å². The second-order valence-electron chi connectivity index (χ2n) is 5.06. The summed E-state index contributed by atoms with van der Waals surface area (Å²) in [6, 6.07) is 4.52. The summed E-state index contributed by atoms with van der Waals surface area (Å²) in [5.41, 5.74) is 0.800. The molecule has 1 aromatic rings. The van der Waals surface area contributed by atoms with Crippen molar-refractivity contribution < 1.29 is 9.66 Å². The van der Waals surface area contributed by atoms with Gasteiger partial charge in [-0.15, -0.1) is 0 Å². The summed E-state index contributed by atoms with van der Waals surface area (Å²) in [6.45, 7) is 6.97. The highest BCUT2D eigenvalue weighted by atomic mass is 16.6. The molecule has 1 rings (SSSR count). The molecule has 1 aromatic carbocycles. The molecule has 0 spiro atoms. The number of non-ortho nitro benzene ring substituents is 1. The van der Waals surface area contributed by atoms with Gasteiger partial charge >= 0.3 is 0 Å². The van der Waals surface area contributed by atoms with E-state index in [1.807, 2.05) is 0 Å². The van der Waals surface area contributed by atoms with Gasteiger partial charge in [0.25, 0.3) is 5.69 Å². The fourth-order valence-corrected chi connectivity index (χ4v) is 1.31. The second-order valence-corrected chi connectivity index (χ2v) is 5.06. The first-order valence-electron chi connectivity index (χ1n) is 5.40. The Morgan fingerprint density at radius 3 is 2.53 bits per heavy atom. The van der Waals surface area contributed by atoms with Crippen molar-refractivity contribution in [3.63, 3.8) is 0 Å². The summed E-state index contributed by atoms with van der Waals surface area (Å²) in [5, 5.41) is 13.9. The highest BCUT2D eigenvalue weighted by Crippen LogP contribution is 2.29. The molecule has 0 fully saturated rings. The Kier molecular flexibility index (Phi) is 3.93. The maximum Gasteiger partial charge on any atom is 0.271 e. The standard InChI is InChI=1S/C12H18N2O3/c1-12(2,3)8-13-10-7-9(14(15)16)5-6-11(10)17-4/h5-7,13H,8H2,1-4H3. The molecule has 0 atom stereocenters. The van der Waals surface area contributed by atoms with Gasteiger partial charge < -0.3 is 10.1 Å². The third-order valence-electron chi connectivity index (χ3n) is 2.20. The fourth-order valence-electron chi connectivity index (χ4n) is 1.31. The summed E-state index contributed by atoms with van der Waals surface area (Å²) in [6.07, 6.45) is 0. The molecule has 5 nitrogen and oxygen atoms in total. The van der Waals surface area contributed by atoms with Crippen LogP contribution < -0.4 is 10.1 Å². The van der Waals surface area contributed by atoms with Gasteiger partial charge in [0.15, 0.2) is 0 Å². The molecule has 5 heteroatoms. The molecule has 0 heterocycles. The van der Waals surface area contributed by atoms with Crippen LogP contribution >= 0.6 is 0 Å². The van der Waals surface area contributed by atoms with Gasteiger partial charge in [-0.3, -0.25) is 10.1 Å². The molecular formula is C12H18N2O3. The molecule has 1 N–H and O–H groups in total. The Morgan fingerprint density at radius 1 is 1.41 bits per heavy atom. The molecule has 0 amide bonds. The van der Waals surface area contributed by atoms with Gasteiger partial charge in [0.2, 0.25) is 0 Å². The van der Waals surface area contributed by atoms with Crippen LogP contribution in [0.3, 0.4) is 0 Å². The summed E-state index contributed by atoms with van der Waals surface area (Å²) in [4.78, 5) is 10.3. The van der Waals surface area contributed by atoms with Crippen molar-refractivity contribution in [2.45, 2.75) is 20.8 Å². The largest absolute Gasteiger partial charge is 0.495 e. The number of ether oxygens (including phenoxy) is 1. The fraction of sp³-hybridized carbons (Fsp3) is 0.500. The van der Waals surface area contributed by atoms with E-state index in [9.17, 15) is 10.1 Å². The molecule has 0 aliphatic carbocycles. The molecule has 0 aromatic heterocycles. The predicted octanol–water partition coefficient (Wildman–Crippen LogP) is 3.06. The van der Waals surface area contributed by atoms with Crippen molar-refractivity contribution in [3.8, 4) is 5.75 Å². The number of benzene rings is 1. The summed E-state index contributed by atoms with van der Waals surface area (Å²) in [5.74, 6) is 0.611. The first kappa shape index (κ1) is 13.3. The molecule has 17 heavy (non-hydrogen) atoms. The van der Waals surface area contributed by atoms with E-state index < -0.39 is 4.92 Å². The summed E-state index contributed by atoms with van der Waals surface area (Å²) >= 11 is 0. The Bertz CT molecular complexity index is 411. The van der Waals surface area contributed by atoms with Crippen LogP contribution in [0.25, 0.3) is 0 Å². The van der Waals surface area contributed by atoms with Gasteiger partial charge in [-0.05, 0) is 11.5 Å². The molecule has 0 saturated carbocycles. The summed E-state index contributed by atoms with van der Waals surface area (Å²) in [7, 11) is 1.55. The van der Waals surface area contributed by atoms with Crippen molar-refractivity contribution in [2.24, 2.45) is 5.41 Å². The SMILES string of the molecule is COc1ccc([N+](=O)[O-])cc1NCC(C)(C)C. The van der Waals surface area contributed by atoms with E-state index in [1.165, 1.54) is 12.1 Å². The van der Waals surface area contributed by atoms with Crippen LogP contribution in [0.4, 0.5) is 11.4 Å². The van der Waals surface area contributed by atoms with E-state index in [0.717, 1.165) is 0 Å². The van der Waals surface area contributed by atoms with Crippen LogP contribution in [-0.4, -0.2) is 18.6 Å². The van der Waals surface area contributed by atoms with Gasteiger partial charge in [-0.2, -0.15) is 0 Å². The number of hydrogen-bond donors (Lipinski definition) is 1. The number of nitro benzene ring substituents is 1. The maximum atomic E-state index is 10.7. The van der Waals surface area contributed by atoms with Gasteiger partial charge in [-0.25, -0.2) is 0 Å². The Balaban J connectivity index is 2.94.